The maximum atomic E-state index is 16.6. The summed E-state index contributed by atoms with van der Waals surface area (Å²) in [6, 6.07) is 2.01. The molecule has 0 saturated carbocycles. The van der Waals surface area contributed by atoms with Crippen molar-refractivity contribution in [2.75, 3.05) is 0 Å². The predicted octanol–water partition coefficient (Wildman–Crippen LogP) is 7.30. The van der Waals surface area contributed by atoms with Gasteiger partial charge in [-0.2, -0.15) is 18.3 Å². The molecule has 0 aliphatic rings. The van der Waals surface area contributed by atoms with Crippen molar-refractivity contribution in [1.82, 2.24) is 19.7 Å². The first kappa shape index (κ1) is 38.5. The molecule has 0 spiro atoms. The molecular formula is C37H36F6N4O4. The number of benzene rings is 2. The normalized spacial score (nSPS) is 12.7. The van der Waals surface area contributed by atoms with Crippen LogP contribution in [0.2, 0.25) is 0 Å². The predicted molar refractivity (Wildman–Crippen MR) is 177 cm³/mol. The quantitative estimate of drug-likeness (QED) is 0.118. The molecule has 2 aromatic carbocycles. The number of rotatable bonds is 12. The van der Waals surface area contributed by atoms with E-state index < -0.39 is 70.7 Å². The van der Waals surface area contributed by atoms with E-state index in [1.807, 2.05) is 0 Å². The fraction of sp³-hybridized carbons (Fsp3) is 0.351. The molecule has 0 aliphatic heterocycles. The Balaban J connectivity index is 1.87. The summed E-state index contributed by atoms with van der Waals surface area (Å²) >= 11 is 0. The van der Waals surface area contributed by atoms with Gasteiger partial charge in [-0.25, -0.2) is 13.2 Å². The highest BCUT2D eigenvalue weighted by atomic mass is 19.4. The topological polar surface area (TPSA) is 106 Å². The zero-order chi connectivity index (χ0) is 37.8. The summed E-state index contributed by atoms with van der Waals surface area (Å²) in [5, 5.41) is 16.2. The summed E-state index contributed by atoms with van der Waals surface area (Å²) < 4.78 is 91.2. The number of hydrogen-bond acceptors (Lipinski definition) is 4. The van der Waals surface area contributed by atoms with E-state index in [9.17, 15) is 37.1 Å². The number of pyridine rings is 1. The van der Waals surface area contributed by atoms with Crippen molar-refractivity contribution in [2.45, 2.75) is 78.7 Å². The highest BCUT2D eigenvalue weighted by Crippen LogP contribution is 2.38. The van der Waals surface area contributed by atoms with Gasteiger partial charge in [-0.3, -0.25) is 19.1 Å². The van der Waals surface area contributed by atoms with Gasteiger partial charge in [0.1, 0.15) is 23.5 Å². The fourth-order valence-electron chi connectivity index (χ4n) is 6.13. The molecule has 8 nitrogen and oxygen atoms in total. The molecule has 14 heteroatoms. The maximum absolute atomic E-state index is 16.6. The number of carbonyl (C=O) groups is 2. The van der Waals surface area contributed by atoms with Crippen molar-refractivity contribution >= 4 is 11.9 Å². The Morgan fingerprint density at radius 2 is 1.71 bits per heavy atom. The van der Waals surface area contributed by atoms with Crippen LogP contribution in [0.1, 0.15) is 79.1 Å². The third kappa shape index (κ3) is 8.89. The Kier molecular flexibility index (Phi) is 11.8. The van der Waals surface area contributed by atoms with Gasteiger partial charge in [0.05, 0.1) is 23.6 Å². The molecular weight excluding hydrogens is 678 g/mol. The van der Waals surface area contributed by atoms with Crippen molar-refractivity contribution in [3.63, 3.8) is 0 Å². The maximum Gasteiger partial charge on any atom is 0.416 e. The lowest BCUT2D eigenvalue weighted by molar-refractivity contribution is -0.139. The molecule has 4 aromatic rings. The summed E-state index contributed by atoms with van der Waals surface area (Å²) in [5.41, 5.74) is -3.26. The smallest absolute Gasteiger partial charge is 0.416 e. The molecule has 0 unspecified atom stereocenters. The van der Waals surface area contributed by atoms with Crippen LogP contribution in [0.4, 0.5) is 26.3 Å². The molecule has 2 atom stereocenters. The molecule has 0 bridgehead atoms. The number of aliphatic carboxylic acids is 1. The van der Waals surface area contributed by atoms with E-state index in [2.05, 4.69) is 22.3 Å². The number of halogens is 6. The van der Waals surface area contributed by atoms with E-state index in [0.29, 0.717) is 17.2 Å². The first-order valence-electron chi connectivity index (χ1n) is 16.0. The van der Waals surface area contributed by atoms with Crippen LogP contribution in [-0.2, 0) is 28.7 Å². The summed E-state index contributed by atoms with van der Waals surface area (Å²) in [6.07, 6.45) is -2.32. The summed E-state index contributed by atoms with van der Waals surface area (Å²) in [6.45, 7) is 7.81. The minimum atomic E-state index is -4.90. The van der Waals surface area contributed by atoms with E-state index in [-0.39, 0.29) is 47.6 Å². The largest absolute Gasteiger partial charge is 0.481 e. The Labute approximate surface area is 290 Å². The van der Waals surface area contributed by atoms with Gasteiger partial charge < -0.3 is 15.0 Å². The Morgan fingerprint density at radius 1 is 1.04 bits per heavy atom. The van der Waals surface area contributed by atoms with E-state index in [0.717, 1.165) is 29.0 Å². The van der Waals surface area contributed by atoms with Crippen LogP contribution >= 0.6 is 0 Å². The average Bonchev–Trinajstić information content (AvgIpc) is 3.54. The molecule has 2 heterocycles. The molecule has 0 saturated heterocycles. The Hall–Kier alpha value is -5.32. The highest BCUT2D eigenvalue weighted by molar-refractivity contribution is 5.82. The van der Waals surface area contributed by atoms with Crippen LogP contribution in [0.25, 0.3) is 11.1 Å². The lowest BCUT2D eigenvalue weighted by atomic mass is 9.89. The first-order chi connectivity index (χ1) is 23.9. The van der Waals surface area contributed by atoms with Gasteiger partial charge in [0.25, 0.3) is 5.56 Å². The highest BCUT2D eigenvalue weighted by Gasteiger charge is 2.36. The summed E-state index contributed by atoms with van der Waals surface area (Å²) in [5.74, 6) is -0.966. The Morgan fingerprint density at radius 3 is 2.25 bits per heavy atom. The summed E-state index contributed by atoms with van der Waals surface area (Å²) in [4.78, 5) is 39.4. The van der Waals surface area contributed by atoms with Gasteiger partial charge in [0.15, 0.2) is 0 Å². The van der Waals surface area contributed by atoms with Crippen LogP contribution in [0.5, 0.6) is 0 Å². The fourth-order valence-corrected chi connectivity index (χ4v) is 6.13. The van der Waals surface area contributed by atoms with Crippen molar-refractivity contribution in [3.05, 3.63) is 110 Å². The van der Waals surface area contributed by atoms with Gasteiger partial charge in [-0.15, -0.1) is 5.92 Å². The van der Waals surface area contributed by atoms with Crippen molar-refractivity contribution in [2.24, 2.45) is 5.92 Å². The Bertz CT molecular complexity index is 2040. The zero-order valence-electron chi connectivity index (χ0n) is 28.5. The number of nitrogens with one attached hydrogen (secondary N) is 1. The van der Waals surface area contributed by atoms with Gasteiger partial charge in [0, 0.05) is 42.3 Å². The lowest BCUT2D eigenvalue weighted by Gasteiger charge is -2.27. The number of amides is 1. The average molecular weight is 715 g/mol. The molecule has 0 radical (unpaired) electrons. The molecule has 270 valence electrons. The van der Waals surface area contributed by atoms with E-state index in [1.54, 1.807) is 26.1 Å². The van der Waals surface area contributed by atoms with Crippen molar-refractivity contribution in [3.8, 4) is 23.0 Å². The number of hydrogen-bond donors (Lipinski definition) is 2. The van der Waals surface area contributed by atoms with Gasteiger partial charge in [-0.05, 0) is 86.1 Å². The number of carboxylic acids is 1. The molecule has 51 heavy (non-hydrogen) atoms. The van der Waals surface area contributed by atoms with Crippen LogP contribution < -0.4 is 10.9 Å². The number of carboxylic acid groups (broad SMARTS) is 1. The second kappa shape index (κ2) is 15.7. The van der Waals surface area contributed by atoms with Crippen molar-refractivity contribution < 1.29 is 41.0 Å². The minimum Gasteiger partial charge on any atom is -0.481 e. The number of nitrogens with zero attached hydrogens (tertiary/aromatic N) is 3. The van der Waals surface area contributed by atoms with E-state index in [4.69, 9.17) is 0 Å². The molecule has 0 aliphatic carbocycles. The van der Waals surface area contributed by atoms with Gasteiger partial charge in [-0.1, -0.05) is 19.8 Å². The second-order valence-electron chi connectivity index (χ2n) is 12.6. The monoisotopic (exact) mass is 714 g/mol. The number of alkyl halides is 3. The van der Waals surface area contributed by atoms with Crippen LogP contribution in [0.15, 0.2) is 53.7 Å². The standard InChI is InChI=1S/C37H36F6N4O4/c1-6-8-23-16-26(32-21(4)14-25(38)15-22(32)5)35(40)33(34(23)39)28(18-31(49)50)45-36(51)29(13-20(2)3)47-19-24(9-12-46-11-7-10-44-46)27(17-30(47)48)37(41,42)43/h7,10-11,14-17,19-20,28-29H,9,12-13,18H2,1-5H3,(H,45,51)(H,49,50)/t28-,29+/m1/s1. The van der Waals surface area contributed by atoms with Crippen LogP contribution in [0, 0.1) is 49.1 Å². The third-order valence-corrected chi connectivity index (χ3v) is 8.28. The number of aryl methyl sites for hydroxylation is 4. The molecule has 1 amide bonds. The SMILES string of the molecule is CC#Cc1cc(-c2c(C)cc(F)cc2C)c(F)c([C@@H](CC(=O)O)NC(=O)[C@H](CC(C)C)n2cc(CCn3cccn3)c(C(F)(F)F)cc2=O)c1F. The molecule has 2 aromatic heterocycles. The van der Waals surface area contributed by atoms with E-state index >= 15 is 8.78 Å². The second-order valence-corrected chi connectivity index (χ2v) is 12.6. The van der Waals surface area contributed by atoms with Crippen LogP contribution in [-0.4, -0.2) is 31.3 Å². The number of aromatic nitrogens is 3. The lowest BCUT2D eigenvalue weighted by Crippen LogP contribution is -2.41. The first-order valence-corrected chi connectivity index (χ1v) is 16.0. The van der Waals surface area contributed by atoms with E-state index in [1.165, 1.54) is 31.6 Å². The summed E-state index contributed by atoms with van der Waals surface area (Å²) in [7, 11) is 0. The molecule has 2 N–H and O–H groups in total. The molecule has 0 fully saturated rings. The number of carbonyl (C=O) groups excluding carboxylic acids is 1. The zero-order valence-corrected chi connectivity index (χ0v) is 28.5. The van der Waals surface area contributed by atoms with Gasteiger partial charge in [0.2, 0.25) is 5.91 Å². The van der Waals surface area contributed by atoms with Crippen LogP contribution in [0.3, 0.4) is 0 Å². The minimum absolute atomic E-state index is 0.0148. The van der Waals surface area contributed by atoms with Crippen molar-refractivity contribution in [1.29, 1.82) is 0 Å². The third-order valence-electron chi connectivity index (χ3n) is 8.28. The molecule has 4 rings (SSSR count). The van der Waals surface area contributed by atoms with Gasteiger partial charge >= 0.3 is 12.1 Å².